The fraction of sp³-hybridized carbons (Fsp3) is 0.684. The van der Waals surface area contributed by atoms with E-state index in [-0.39, 0.29) is 5.54 Å². The second-order valence-corrected chi connectivity index (χ2v) is 7.62. The van der Waals surface area contributed by atoms with Crippen molar-refractivity contribution in [3.8, 4) is 0 Å². The molecule has 0 N–H and O–H groups in total. The van der Waals surface area contributed by atoms with E-state index < -0.39 is 0 Å². The molecule has 0 unspecified atom stereocenters. The van der Waals surface area contributed by atoms with Crippen molar-refractivity contribution in [1.82, 2.24) is 9.80 Å². The highest BCUT2D eigenvalue weighted by atomic mass is 35.5. The third-order valence-corrected chi connectivity index (χ3v) is 6.31. The summed E-state index contributed by atoms with van der Waals surface area (Å²) in [6.07, 6.45) is 7.84. The fourth-order valence-corrected chi connectivity index (χ4v) is 4.32. The van der Waals surface area contributed by atoms with Gasteiger partial charge in [-0.3, -0.25) is 4.90 Å². The van der Waals surface area contributed by atoms with Gasteiger partial charge in [0.15, 0.2) is 0 Å². The largest absolute Gasteiger partial charge is 0.304 e. The first-order valence-electron chi connectivity index (χ1n) is 8.76. The molecule has 3 rings (SSSR count). The number of hydrogen-bond donors (Lipinski definition) is 0. The summed E-state index contributed by atoms with van der Waals surface area (Å²) in [4.78, 5) is 5.20. The van der Waals surface area contributed by atoms with Gasteiger partial charge in [-0.2, -0.15) is 0 Å². The van der Waals surface area contributed by atoms with E-state index in [1.807, 2.05) is 0 Å². The van der Waals surface area contributed by atoms with Crippen LogP contribution in [0.2, 0.25) is 5.02 Å². The molecule has 1 aromatic rings. The maximum Gasteiger partial charge on any atom is 0.0461 e. The lowest BCUT2D eigenvalue weighted by Gasteiger charge is -2.48. The molecule has 0 radical (unpaired) electrons. The highest BCUT2D eigenvalue weighted by Crippen LogP contribution is 2.47. The molecule has 3 heteroatoms. The quantitative estimate of drug-likeness (QED) is 0.786. The summed E-state index contributed by atoms with van der Waals surface area (Å²) in [6.45, 7) is 3.41. The van der Waals surface area contributed by atoms with E-state index in [2.05, 4.69) is 55.1 Å². The third-order valence-electron chi connectivity index (χ3n) is 6.06. The predicted molar refractivity (Wildman–Crippen MR) is 94.5 cm³/mol. The number of nitrogens with zero attached hydrogens (tertiary/aromatic N) is 2. The van der Waals surface area contributed by atoms with Crippen molar-refractivity contribution in [2.45, 2.75) is 63.1 Å². The lowest BCUT2D eigenvalue weighted by molar-refractivity contribution is 0.0351. The van der Waals surface area contributed by atoms with Gasteiger partial charge in [0.25, 0.3) is 0 Å². The van der Waals surface area contributed by atoms with Gasteiger partial charge in [0.05, 0.1) is 0 Å². The van der Waals surface area contributed by atoms with E-state index in [4.69, 9.17) is 11.6 Å². The molecule has 0 spiro atoms. The summed E-state index contributed by atoms with van der Waals surface area (Å²) in [5.74, 6) is 0. The van der Waals surface area contributed by atoms with Crippen molar-refractivity contribution in [2.24, 2.45) is 0 Å². The monoisotopic (exact) mass is 320 g/mol. The van der Waals surface area contributed by atoms with Crippen LogP contribution in [0.15, 0.2) is 24.3 Å². The van der Waals surface area contributed by atoms with Gasteiger partial charge in [-0.1, -0.05) is 30.7 Å². The van der Waals surface area contributed by atoms with Crippen LogP contribution in [-0.4, -0.2) is 42.5 Å². The topological polar surface area (TPSA) is 6.48 Å². The maximum atomic E-state index is 6.11. The smallest absolute Gasteiger partial charge is 0.0461 e. The van der Waals surface area contributed by atoms with Crippen LogP contribution in [0.25, 0.3) is 0 Å². The lowest BCUT2D eigenvalue weighted by Crippen LogP contribution is -2.50. The Labute approximate surface area is 140 Å². The molecule has 0 saturated heterocycles. The predicted octanol–water partition coefficient (Wildman–Crippen LogP) is 4.52. The summed E-state index contributed by atoms with van der Waals surface area (Å²) in [5, 5.41) is 0.840. The molecule has 2 saturated carbocycles. The average Bonchev–Trinajstić information content (AvgIpc) is 3.39. The lowest BCUT2D eigenvalue weighted by atomic mass is 9.73. The van der Waals surface area contributed by atoms with Gasteiger partial charge >= 0.3 is 0 Å². The molecule has 2 aliphatic rings. The number of halogens is 1. The Balaban J connectivity index is 1.84. The summed E-state index contributed by atoms with van der Waals surface area (Å²) >= 11 is 6.11. The SMILES string of the molecule is CCN(C)C1CCC(c2ccc(Cl)cc2)(N(C)C2CC2)CC1. The van der Waals surface area contributed by atoms with Gasteiger partial charge in [-0.15, -0.1) is 0 Å². The molecule has 0 bridgehead atoms. The molecule has 0 heterocycles. The molecular formula is C19H29ClN2. The van der Waals surface area contributed by atoms with Gasteiger partial charge in [0, 0.05) is 22.6 Å². The Bertz CT molecular complexity index is 487. The minimum Gasteiger partial charge on any atom is -0.304 e. The van der Waals surface area contributed by atoms with Crippen LogP contribution in [-0.2, 0) is 5.54 Å². The Kier molecular flexibility index (Phi) is 4.82. The Morgan fingerprint density at radius 2 is 1.59 bits per heavy atom. The van der Waals surface area contributed by atoms with Gasteiger partial charge in [-0.25, -0.2) is 0 Å². The van der Waals surface area contributed by atoms with Crippen LogP contribution in [0, 0.1) is 0 Å². The summed E-state index contributed by atoms with van der Waals surface area (Å²) < 4.78 is 0. The zero-order valence-electron chi connectivity index (χ0n) is 14.2. The molecule has 0 aromatic heterocycles. The number of hydrogen-bond acceptors (Lipinski definition) is 2. The van der Waals surface area contributed by atoms with Gasteiger partial charge in [0.1, 0.15) is 0 Å². The average molecular weight is 321 g/mol. The van der Waals surface area contributed by atoms with E-state index in [0.717, 1.165) is 23.7 Å². The van der Waals surface area contributed by atoms with Crippen LogP contribution < -0.4 is 0 Å². The van der Waals surface area contributed by atoms with E-state index in [9.17, 15) is 0 Å². The number of rotatable bonds is 5. The second kappa shape index (κ2) is 6.51. The highest BCUT2D eigenvalue weighted by Gasteiger charge is 2.45. The zero-order chi connectivity index (χ0) is 15.7. The second-order valence-electron chi connectivity index (χ2n) is 7.18. The van der Waals surface area contributed by atoms with Crippen molar-refractivity contribution < 1.29 is 0 Å². The minimum atomic E-state index is 0.219. The van der Waals surface area contributed by atoms with E-state index in [0.29, 0.717) is 0 Å². The molecule has 122 valence electrons. The van der Waals surface area contributed by atoms with Crippen molar-refractivity contribution >= 4 is 11.6 Å². The Hall–Kier alpha value is -0.570. The summed E-state index contributed by atoms with van der Waals surface area (Å²) in [7, 11) is 4.61. The molecule has 1 aromatic carbocycles. The minimum absolute atomic E-state index is 0.219. The normalized spacial score (nSPS) is 29.3. The zero-order valence-corrected chi connectivity index (χ0v) is 14.9. The highest BCUT2D eigenvalue weighted by molar-refractivity contribution is 6.30. The molecular weight excluding hydrogens is 292 g/mol. The van der Waals surface area contributed by atoms with Crippen molar-refractivity contribution in [3.05, 3.63) is 34.9 Å². The fourth-order valence-electron chi connectivity index (χ4n) is 4.20. The number of benzene rings is 1. The first kappa shape index (κ1) is 16.3. The van der Waals surface area contributed by atoms with E-state index >= 15 is 0 Å². The van der Waals surface area contributed by atoms with Crippen LogP contribution in [0.1, 0.15) is 51.0 Å². The molecule has 0 amide bonds. The maximum absolute atomic E-state index is 6.11. The molecule has 22 heavy (non-hydrogen) atoms. The van der Waals surface area contributed by atoms with Crippen molar-refractivity contribution in [3.63, 3.8) is 0 Å². The van der Waals surface area contributed by atoms with E-state index in [1.54, 1.807) is 0 Å². The van der Waals surface area contributed by atoms with Gasteiger partial charge in [0.2, 0.25) is 0 Å². The summed E-state index contributed by atoms with van der Waals surface area (Å²) in [5.41, 5.74) is 1.68. The standard InChI is InChI=1S/C19H29ClN2/c1-4-21(2)17-11-13-19(14-12-17,22(3)18-9-10-18)15-5-7-16(20)8-6-15/h5-8,17-18H,4,9-14H2,1-3H3. The van der Waals surface area contributed by atoms with Crippen LogP contribution >= 0.6 is 11.6 Å². The molecule has 0 atom stereocenters. The molecule has 2 aliphatic carbocycles. The first-order chi connectivity index (χ1) is 10.6. The summed E-state index contributed by atoms with van der Waals surface area (Å²) in [6, 6.07) is 10.2. The van der Waals surface area contributed by atoms with E-state index in [1.165, 1.54) is 44.1 Å². The third kappa shape index (κ3) is 3.06. The molecule has 2 fully saturated rings. The molecule has 0 aliphatic heterocycles. The first-order valence-corrected chi connectivity index (χ1v) is 9.14. The van der Waals surface area contributed by atoms with Gasteiger partial charge in [-0.05, 0) is 76.9 Å². The molecule has 2 nitrogen and oxygen atoms in total. The van der Waals surface area contributed by atoms with Crippen molar-refractivity contribution in [1.29, 1.82) is 0 Å². The van der Waals surface area contributed by atoms with Crippen LogP contribution in [0.5, 0.6) is 0 Å². The van der Waals surface area contributed by atoms with Crippen molar-refractivity contribution in [2.75, 3.05) is 20.6 Å². The Morgan fingerprint density at radius 3 is 2.09 bits per heavy atom. The Morgan fingerprint density at radius 1 is 1.00 bits per heavy atom. The van der Waals surface area contributed by atoms with Crippen LogP contribution in [0.3, 0.4) is 0 Å². The van der Waals surface area contributed by atoms with Crippen LogP contribution in [0.4, 0.5) is 0 Å². The van der Waals surface area contributed by atoms with Gasteiger partial charge < -0.3 is 4.90 Å².